The molecule has 0 aliphatic heterocycles. The van der Waals surface area contributed by atoms with E-state index in [-0.39, 0.29) is 19.8 Å². The Labute approximate surface area is 142 Å². The lowest BCUT2D eigenvalue weighted by Gasteiger charge is -2.23. The van der Waals surface area contributed by atoms with Gasteiger partial charge in [0.25, 0.3) is 16.0 Å². The largest absolute Gasteiger partial charge is 0.340 e. The summed E-state index contributed by atoms with van der Waals surface area (Å²) in [5.74, 6) is -0.811. The molecule has 0 aliphatic carbocycles. The predicted octanol–water partition coefficient (Wildman–Crippen LogP) is 2.17. The van der Waals surface area contributed by atoms with E-state index in [1.807, 2.05) is 0 Å². The Bertz CT molecular complexity index is 668. The van der Waals surface area contributed by atoms with Crippen molar-refractivity contribution in [3.8, 4) is 0 Å². The van der Waals surface area contributed by atoms with E-state index in [4.69, 9.17) is 13.3 Å². The highest BCUT2D eigenvalue weighted by molar-refractivity contribution is 7.85. The number of amides is 1. The molecule has 0 heterocycles. The third-order valence-electron chi connectivity index (χ3n) is 2.65. The fourth-order valence-corrected chi connectivity index (χ4v) is 3.83. The van der Waals surface area contributed by atoms with Crippen molar-refractivity contribution in [2.24, 2.45) is 0 Å². The van der Waals surface area contributed by atoms with Crippen LogP contribution < -0.4 is 0 Å². The van der Waals surface area contributed by atoms with E-state index < -0.39 is 29.8 Å². The third-order valence-corrected chi connectivity index (χ3v) is 5.06. The second kappa shape index (κ2) is 9.29. The fraction of sp³-hybridized carbons (Fsp3) is 0.500. The minimum absolute atomic E-state index is 0.0934. The second-order valence-corrected chi connectivity index (χ2v) is 8.41. The summed E-state index contributed by atoms with van der Waals surface area (Å²) in [4.78, 5) is 12.4. The number of carbonyl (C=O) groups excluding carboxylic acids is 1. The number of rotatable bonds is 10. The van der Waals surface area contributed by atoms with Crippen LogP contribution >= 0.6 is 7.60 Å². The smallest absolute Gasteiger partial charge is 0.309 e. The molecule has 0 aromatic heterocycles. The standard InChI is InChI=1S/C14H22NO7PS/c1-4-20-23(17,21-5-2)12-14(16)15(22-24(3,18)19)11-13-9-7-6-8-10-13/h6-10H,4-5,11-12H2,1-3H3. The summed E-state index contributed by atoms with van der Waals surface area (Å²) in [7, 11) is -7.60. The van der Waals surface area contributed by atoms with Gasteiger partial charge in [0, 0.05) is 0 Å². The van der Waals surface area contributed by atoms with Crippen molar-refractivity contribution < 1.29 is 31.1 Å². The fourth-order valence-electron chi connectivity index (χ4n) is 1.84. The van der Waals surface area contributed by atoms with Crippen LogP contribution in [0.5, 0.6) is 0 Å². The molecule has 0 atom stereocenters. The SMILES string of the molecule is CCOP(=O)(CC(=O)N(Cc1ccccc1)OS(C)(=O)=O)OCC. The number of nitrogens with zero attached hydrogens (tertiary/aromatic N) is 1. The van der Waals surface area contributed by atoms with Crippen molar-refractivity contribution in [3.63, 3.8) is 0 Å². The summed E-state index contributed by atoms with van der Waals surface area (Å²) in [6.45, 7) is 3.30. The molecular weight excluding hydrogens is 357 g/mol. The average Bonchev–Trinajstić information content (AvgIpc) is 2.46. The molecule has 10 heteroatoms. The summed E-state index contributed by atoms with van der Waals surface area (Å²) >= 11 is 0. The van der Waals surface area contributed by atoms with Gasteiger partial charge in [-0.15, -0.1) is 4.28 Å². The molecule has 0 aliphatic rings. The summed E-state index contributed by atoms with van der Waals surface area (Å²) < 4.78 is 50.1. The lowest BCUT2D eigenvalue weighted by atomic mass is 10.2. The minimum Gasteiger partial charge on any atom is -0.309 e. The Morgan fingerprint density at radius 1 is 1.12 bits per heavy atom. The normalized spacial score (nSPS) is 12.1. The Kier molecular flexibility index (Phi) is 8.05. The highest BCUT2D eigenvalue weighted by Crippen LogP contribution is 2.48. The van der Waals surface area contributed by atoms with E-state index in [2.05, 4.69) is 0 Å². The molecule has 0 bridgehead atoms. The van der Waals surface area contributed by atoms with Crippen LogP contribution in [0.15, 0.2) is 30.3 Å². The number of hydroxylamine groups is 2. The highest BCUT2D eigenvalue weighted by atomic mass is 32.2. The van der Waals surface area contributed by atoms with Crippen LogP contribution in [0.1, 0.15) is 19.4 Å². The zero-order chi connectivity index (χ0) is 18.2. The number of hydrogen-bond acceptors (Lipinski definition) is 7. The maximum absolute atomic E-state index is 12.4. The van der Waals surface area contributed by atoms with Gasteiger partial charge in [-0.2, -0.15) is 13.5 Å². The van der Waals surface area contributed by atoms with Crippen molar-refractivity contribution in [3.05, 3.63) is 35.9 Å². The molecule has 0 saturated carbocycles. The van der Waals surface area contributed by atoms with Gasteiger partial charge < -0.3 is 9.05 Å². The average molecular weight is 379 g/mol. The maximum atomic E-state index is 12.4. The summed E-state index contributed by atoms with van der Waals surface area (Å²) in [6, 6.07) is 8.67. The molecule has 1 amide bonds. The van der Waals surface area contributed by atoms with E-state index >= 15 is 0 Å². The van der Waals surface area contributed by atoms with Crippen LogP contribution in [0, 0.1) is 0 Å². The topological polar surface area (TPSA) is 99.2 Å². The first kappa shape index (κ1) is 20.8. The molecule has 1 rings (SSSR count). The van der Waals surface area contributed by atoms with Crippen molar-refractivity contribution >= 4 is 23.6 Å². The van der Waals surface area contributed by atoms with E-state index in [9.17, 15) is 17.8 Å². The Hall–Kier alpha value is -1.25. The molecule has 0 fully saturated rings. The van der Waals surface area contributed by atoms with Crippen LogP contribution in [-0.2, 0) is 39.4 Å². The molecule has 24 heavy (non-hydrogen) atoms. The molecule has 8 nitrogen and oxygen atoms in total. The summed E-state index contributed by atoms with van der Waals surface area (Å²) in [6.07, 6.45) is 0.208. The van der Waals surface area contributed by atoms with E-state index in [0.29, 0.717) is 10.6 Å². The third kappa shape index (κ3) is 7.55. The molecule has 0 spiro atoms. The number of hydrogen-bond donors (Lipinski definition) is 0. The van der Waals surface area contributed by atoms with Gasteiger partial charge >= 0.3 is 7.60 Å². The maximum Gasteiger partial charge on any atom is 0.340 e. The van der Waals surface area contributed by atoms with Gasteiger partial charge in [-0.25, -0.2) is 0 Å². The van der Waals surface area contributed by atoms with Crippen LogP contribution in [0.3, 0.4) is 0 Å². The lowest BCUT2D eigenvalue weighted by Crippen LogP contribution is -2.35. The Morgan fingerprint density at radius 2 is 1.67 bits per heavy atom. The van der Waals surface area contributed by atoms with E-state index in [1.165, 1.54) is 0 Å². The number of carbonyl (C=O) groups is 1. The molecule has 0 radical (unpaired) electrons. The predicted molar refractivity (Wildman–Crippen MR) is 88.6 cm³/mol. The van der Waals surface area contributed by atoms with Gasteiger partial charge in [-0.1, -0.05) is 30.3 Å². The molecule has 0 N–H and O–H groups in total. The number of benzene rings is 1. The van der Waals surface area contributed by atoms with Gasteiger partial charge in [-0.3, -0.25) is 9.36 Å². The first-order chi connectivity index (χ1) is 11.2. The molecule has 0 saturated heterocycles. The zero-order valence-electron chi connectivity index (χ0n) is 13.9. The van der Waals surface area contributed by atoms with Crippen molar-refractivity contribution in [2.45, 2.75) is 20.4 Å². The Balaban J connectivity index is 2.96. The van der Waals surface area contributed by atoms with Gasteiger partial charge in [-0.05, 0) is 19.4 Å². The second-order valence-electron chi connectivity index (χ2n) is 4.80. The van der Waals surface area contributed by atoms with Crippen molar-refractivity contribution in [1.82, 2.24) is 5.06 Å². The summed E-state index contributed by atoms with van der Waals surface area (Å²) in [5.41, 5.74) is 0.650. The van der Waals surface area contributed by atoms with Gasteiger partial charge in [0.2, 0.25) is 0 Å². The molecule has 1 aromatic carbocycles. The quantitative estimate of drug-likeness (QED) is 0.454. The zero-order valence-corrected chi connectivity index (χ0v) is 15.6. The van der Waals surface area contributed by atoms with Crippen LogP contribution in [0.25, 0.3) is 0 Å². The minimum atomic E-state index is -3.93. The van der Waals surface area contributed by atoms with Crippen molar-refractivity contribution in [1.29, 1.82) is 0 Å². The molecule has 0 unspecified atom stereocenters. The van der Waals surface area contributed by atoms with E-state index in [1.54, 1.807) is 44.2 Å². The molecular formula is C14H22NO7PS. The lowest BCUT2D eigenvalue weighted by molar-refractivity contribution is -0.155. The van der Waals surface area contributed by atoms with E-state index in [0.717, 1.165) is 6.26 Å². The highest BCUT2D eigenvalue weighted by Gasteiger charge is 2.32. The van der Waals surface area contributed by atoms with Gasteiger partial charge in [0.05, 0.1) is 26.0 Å². The van der Waals surface area contributed by atoms with Crippen LogP contribution in [-0.4, -0.2) is 45.0 Å². The molecule has 136 valence electrons. The van der Waals surface area contributed by atoms with Gasteiger partial charge in [0.15, 0.2) is 0 Å². The summed E-state index contributed by atoms with van der Waals surface area (Å²) in [5, 5.41) is 0.648. The van der Waals surface area contributed by atoms with Gasteiger partial charge in [0.1, 0.15) is 6.16 Å². The van der Waals surface area contributed by atoms with Crippen LogP contribution in [0.2, 0.25) is 0 Å². The Morgan fingerprint density at radius 3 is 2.12 bits per heavy atom. The molecule has 1 aromatic rings. The van der Waals surface area contributed by atoms with Crippen molar-refractivity contribution in [2.75, 3.05) is 25.6 Å². The monoisotopic (exact) mass is 379 g/mol. The first-order valence-corrected chi connectivity index (χ1v) is 10.9. The van der Waals surface area contributed by atoms with Crippen LogP contribution in [0.4, 0.5) is 0 Å². The first-order valence-electron chi connectivity index (χ1n) is 7.31.